The Labute approximate surface area is 112 Å². The third kappa shape index (κ3) is 2.01. The van der Waals surface area contributed by atoms with Gasteiger partial charge in [0, 0.05) is 12.1 Å². The molecule has 0 bridgehead atoms. The van der Waals surface area contributed by atoms with Gasteiger partial charge in [-0.15, -0.1) is 0 Å². The van der Waals surface area contributed by atoms with Crippen LogP contribution in [0.1, 0.15) is 39.2 Å². The van der Waals surface area contributed by atoms with Crippen LogP contribution in [0.25, 0.3) is 0 Å². The van der Waals surface area contributed by atoms with Gasteiger partial charge in [-0.3, -0.25) is 4.79 Å². The smallest absolute Gasteiger partial charge is 0.238 e. The molecule has 1 aliphatic rings. The Morgan fingerprint density at radius 3 is 2.72 bits per heavy atom. The molecule has 6 heteroatoms. The summed E-state index contributed by atoms with van der Waals surface area (Å²) in [6.07, 6.45) is 4.14. The van der Waals surface area contributed by atoms with Gasteiger partial charge < -0.3 is 11.1 Å². The Hall–Kier alpha value is -1.43. The molecule has 0 saturated heterocycles. The zero-order valence-electron chi connectivity index (χ0n) is 10.6. The number of carbonyl (C=O) groups is 1. The lowest BCUT2D eigenvalue weighted by Gasteiger charge is -2.39. The summed E-state index contributed by atoms with van der Waals surface area (Å²) in [5.41, 5.74) is 5.06. The van der Waals surface area contributed by atoms with Crippen LogP contribution in [0.5, 0.6) is 0 Å². The second-order valence-corrected chi connectivity index (χ2v) is 5.45. The van der Waals surface area contributed by atoms with E-state index in [1.165, 1.54) is 0 Å². The second kappa shape index (κ2) is 4.68. The SMILES string of the molecule is CC(C)n1nccc1NC(=O)C1(C(N)=S)CCC1. The Bertz CT molecular complexity index is 476. The minimum Gasteiger partial charge on any atom is -0.392 e. The molecular formula is C12H18N4OS. The fraction of sp³-hybridized carbons (Fsp3) is 0.583. The van der Waals surface area contributed by atoms with Gasteiger partial charge in [-0.2, -0.15) is 5.10 Å². The maximum atomic E-state index is 12.3. The van der Waals surface area contributed by atoms with Gasteiger partial charge in [0.15, 0.2) is 0 Å². The van der Waals surface area contributed by atoms with Crippen molar-refractivity contribution in [3.8, 4) is 0 Å². The molecule has 1 amide bonds. The molecule has 1 fully saturated rings. The van der Waals surface area contributed by atoms with Crippen molar-refractivity contribution < 1.29 is 4.79 Å². The summed E-state index contributed by atoms with van der Waals surface area (Å²) in [4.78, 5) is 12.6. The zero-order chi connectivity index (χ0) is 13.3. The lowest BCUT2D eigenvalue weighted by atomic mass is 9.68. The van der Waals surface area contributed by atoms with Gasteiger partial charge in [-0.1, -0.05) is 18.6 Å². The molecule has 18 heavy (non-hydrogen) atoms. The highest BCUT2D eigenvalue weighted by molar-refractivity contribution is 7.80. The van der Waals surface area contributed by atoms with Gasteiger partial charge in [0.1, 0.15) is 5.82 Å². The molecule has 0 spiro atoms. The number of thiocarbonyl (C=S) groups is 1. The van der Waals surface area contributed by atoms with Crippen LogP contribution >= 0.6 is 12.2 Å². The highest BCUT2D eigenvalue weighted by Crippen LogP contribution is 2.42. The highest BCUT2D eigenvalue weighted by atomic mass is 32.1. The molecule has 98 valence electrons. The number of hydrogen-bond acceptors (Lipinski definition) is 3. The monoisotopic (exact) mass is 266 g/mol. The van der Waals surface area contributed by atoms with Gasteiger partial charge in [0.05, 0.1) is 16.6 Å². The van der Waals surface area contributed by atoms with Gasteiger partial charge in [-0.25, -0.2) is 4.68 Å². The minimum absolute atomic E-state index is 0.108. The van der Waals surface area contributed by atoms with Gasteiger partial charge in [0.25, 0.3) is 0 Å². The first-order chi connectivity index (χ1) is 8.47. The number of anilines is 1. The fourth-order valence-corrected chi connectivity index (χ4v) is 2.47. The zero-order valence-corrected chi connectivity index (χ0v) is 11.5. The van der Waals surface area contributed by atoms with Crippen molar-refractivity contribution in [3.05, 3.63) is 12.3 Å². The molecule has 1 aromatic rings. The lowest BCUT2D eigenvalue weighted by Crippen LogP contribution is -2.50. The summed E-state index contributed by atoms with van der Waals surface area (Å²) in [6.45, 7) is 4.02. The standard InChI is InChI=1S/C12H18N4OS/c1-8(2)16-9(4-7-14-16)15-11(17)12(10(13)18)5-3-6-12/h4,7-8H,3,5-6H2,1-2H3,(H2,13,18)(H,15,17). The number of hydrogen-bond donors (Lipinski definition) is 2. The Kier molecular flexibility index (Phi) is 3.38. The molecule has 1 saturated carbocycles. The number of aromatic nitrogens is 2. The molecule has 3 N–H and O–H groups in total. The Morgan fingerprint density at radius 2 is 2.28 bits per heavy atom. The van der Waals surface area contributed by atoms with Crippen LogP contribution in [0.2, 0.25) is 0 Å². The van der Waals surface area contributed by atoms with E-state index in [9.17, 15) is 4.79 Å². The van der Waals surface area contributed by atoms with Crippen LogP contribution in [0.4, 0.5) is 5.82 Å². The molecule has 1 aromatic heterocycles. The quantitative estimate of drug-likeness (QED) is 0.816. The third-order valence-electron chi connectivity index (χ3n) is 3.51. The Balaban J connectivity index is 2.16. The van der Waals surface area contributed by atoms with Crippen molar-refractivity contribution in [1.82, 2.24) is 9.78 Å². The van der Waals surface area contributed by atoms with Crippen LogP contribution in [0, 0.1) is 5.41 Å². The Morgan fingerprint density at radius 1 is 1.61 bits per heavy atom. The average molecular weight is 266 g/mol. The summed E-state index contributed by atoms with van der Waals surface area (Å²) in [7, 11) is 0. The van der Waals surface area contributed by atoms with Gasteiger partial charge >= 0.3 is 0 Å². The van der Waals surface area contributed by atoms with Crippen molar-refractivity contribution in [1.29, 1.82) is 0 Å². The second-order valence-electron chi connectivity index (χ2n) is 5.01. The predicted molar refractivity (Wildman–Crippen MR) is 74.3 cm³/mol. The number of carbonyl (C=O) groups excluding carboxylic acids is 1. The number of nitrogens with one attached hydrogen (secondary N) is 1. The first-order valence-corrected chi connectivity index (χ1v) is 6.53. The van der Waals surface area contributed by atoms with E-state index in [1.807, 2.05) is 13.8 Å². The van der Waals surface area contributed by atoms with E-state index < -0.39 is 5.41 Å². The maximum absolute atomic E-state index is 12.3. The van der Waals surface area contributed by atoms with Crippen molar-refractivity contribution in [2.75, 3.05) is 5.32 Å². The first-order valence-electron chi connectivity index (χ1n) is 6.12. The third-order valence-corrected chi connectivity index (χ3v) is 3.91. The summed E-state index contributed by atoms with van der Waals surface area (Å²) in [5, 5.41) is 7.07. The van der Waals surface area contributed by atoms with E-state index in [0.29, 0.717) is 10.8 Å². The van der Waals surface area contributed by atoms with Crippen LogP contribution in [-0.4, -0.2) is 20.7 Å². The van der Waals surface area contributed by atoms with Crippen LogP contribution in [-0.2, 0) is 4.79 Å². The molecule has 5 nitrogen and oxygen atoms in total. The average Bonchev–Trinajstić information content (AvgIpc) is 2.62. The number of rotatable bonds is 4. The van der Waals surface area contributed by atoms with E-state index in [0.717, 1.165) is 19.3 Å². The summed E-state index contributed by atoms with van der Waals surface area (Å²) < 4.78 is 1.77. The summed E-state index contributed by atoms with van der Waals surface area (Å²) >= 11 is 5.03. The van der Waals surface area contributed by atoms with E-state index in [-0.39, 0.29) is 11.9 Å². The van der Waals surface area contributed by atoms with Gasteiger partial charge in [0.2, 0.25) is 5.91 Å². The normalized spacial score (nSPS) is 17.3. The minimum atomic E-state index is -0.651. The molecule has 1 heterocycles. The van der Waals surface area contributed by atoms with Gasteiger partial charge in [-0.05, 0) is 26.7 Å². The maximum Gasteiger partial charge on any atom is 0.238 e. The van der Waals surface area contributed by atoms with E-state index in [2.05, 4.69) is 10.4 Å². The number of amides is 1. The van der Waals surface area contributed by atoms with Crippen molar-refractivity contribution >= 4 is 28.9 Å². The van der Waals surface area contributed by atoms with Crippen molar-refractivity contribution in [2.45, 2.75) is 39.2 Å². The molecule has 0 atom stereocenters. The van der Waals surface area contributed by atoms with Crippen LogP contribution in [0.3, 0.4) is 0 Å². The summed E-state index contributed by atoms with van der Waals surface area (Å²) in [6, 6.07) is 1.97. The molecule has 0 radical (unpaired) electrons. The highest BCUT2D eigenvalue weighted by Gasteiger charge is 2.47. The van der Waals surface area contributed by atoms with E-state index in [1.54, 1.807) is 16.9 Å². The van der Waals surface area contributed by atoms with E-state index >= 15 is 0 Å². The van der Waals surface area contributed by atoms with Crippen LogP contribution in [0.15, 0.2) is 12.3 Å². The number of nitrogens with two attached hydrogens (primary N) is 1. The number of nitrogens with zero attached hydrogens (tertiary/aromatic N) is 2. The van der Waals surface area contributed by atoms with Crippen molar-refractivity contribution in [3.63, 3.8) is 0 Å². The molecule has 0 aliphatic heterocycles. The fourth-order valence-electron chi connectivity index (χ4n) is 2.18. The molecular weight excluding hydrogens is 248 g/mol. The molecule has 0 aromatic carbocycles. The topological polar surface area (TPSA) is 72.9 Å². The van der Waals surface area contributed by atoms with Crippen LogP contribution < -0.4 is 11.1 Å². The first kappa shape index (κ1) is 13.0. The van der Waals surface area contributed by atoms with E-state index in [4.69, 9.17) is 18.0 Å². The largest absolute Gasteiger partial charge is 0.392 e. The molecule has 0 unspecified atom stereocenters. The predicted octanol–water partition coefficient (Wildman–Crippen LogP) is 1.86. The summed E-state index contributed by atoms with van der Waals surface area (Å²) in [5.74, 6) is 0.584. The molecule has 1 aliphatic carbocycles. The lowest BCUT2D eigenvalue weighted by molar-refractivity contribution is -0.125. The van der Waals surface area contributed by atoms with Crippen molar-refractivity contribution in [2.24, 2.45) is 11.1 Å². The molecule has 2 rings (SSSR count).